The zero-order chi connectivity index (χ0) is 17.4. The molecule has 4 rings (SSSR count). The highest BCUT2D eigenvalue weighted by molar-refractivity contribution is 5.96. The number of carbonyl (C=O) groups is 1. The van der Waals surface area contributed by atoms with Crippen molar-refractivity contribution in [2.24, 2.45) is 0 Å². The van der Waals surface area contributed by atoms with Crippen LogP contribution >= 0.6 is 24.8 Å². The summed E-state index contributed by atoms with van der Waals surface area (Å²) in [6.45, 7) is 6.78. The maximum Gasteiger partial charge on any atom is 0.256 e. The Kier molecular flexibility index (Phi) is 7.32. The third-order valence-electron chi connectivity index (χ3n) is 5.74. The van der Waals surface area contributed by atoms with E-state index in [1.807, 2.05) is 24.4 Å². The predicted octanol–water partition coefficient (Wildman–Crippen LogP) is 3.36. The Morgan fingerprint density at radius 3 is 2.70 bits per heavy atom. The molecule has 1 amide bonds. The molecule has 2 bridgehead atoms. The Morgan fingerprint density at radius 2 is 1.96 bits per heavy atom. The number of nitrogens with zero attached hydrogens (tertiary/aromatic N) is 3. The van der Waals surface area contributed by atoms with Gasteiger partial charge in [-0.15, -0.1) is 24.8 Å². The van der Waals surface area contributed by atoms with Crippen molar-refractivity contribution in [3.63, 3.8) is 0 Å². The fourth-order valence-electron chi connectivity index (χ4n) is 4.37. The van der Waals surface area contributed by atoms with Crippen LogP contribution < -0.4 is 5.32 Å². The molecule has 2 saturated heterocycles. The maximum atomic E-state index is 13.3. The van der Waals surface area contributed by atoms with E-state index >= 15 is 0 Å². The third-order valence-corrected chi connectivity index (χ3v) is 5.74. The number of aromatic nitrogens is 2. The quantitative estimate of drug-likeness (QED) is 0.843. The Labute approximate surface area is 173 Å². The number of amides is 1. The van der Waals surface area contributed by atoms with Gasteiger partial charge in [0.2, 0.25) is 0 Å². The van der Waals surface area contributed by atoms with Gasteiger partial charge >= 0.3 is 0 Å². The van der Waals surface area contributed by atoms with Gasteiger partial charge in [-0.2, -0.15) is 0 Å². The molecular weight excluding hydrogens is 383 g/mol. The van der Waals surface area contributed by atoms with E-state index in [9.17, 15) is 4.79 Å². The highest BCUT2D eigenvalue weighted by atomic mass is 35.5. The van der Waals surface area contributed by atoms with Gasteiger partial charge in [0, 0.05) is 36.2 Å². The highest BCUT2D eigenvalue weighted by Gasteiger charge is 2.39. The van der Waals surface area contributed by atoms with E-state index in [0.717, 1.165) is 55.0 Å². The summed E-state index contributed by atoms with van der Waals surface area (Å²) >= 11 is 0. The van der Waals surface area contributed by atoms with Gasteiger partial charge in [0.1, 0.15) is 0 Å². The smallest absolute Gasteiger partial charge is 0.256 e. The van der Waals surface area contributed by atoms with Crippen LogP contribution in [0.15, 0.2) is 30.5 Å². The van der Waals surface area contributed by atoms with Crippen molar-refractivity contribution >= 4 is 30.7 Å². The van der Waals surface area contributed by atoms with E-state index in [4.69, 9.17) is 0 Å². The van der Waals surface area contributed by atoms with Gasteiger partial charge in [0.25, 0.3) is 5.91 Å². The lowest BCUT2D eigenvalue weighted by atomic mass is 10.1. The number of rotatable bonds is 3. The monoisotopic (exact) mass is 410 g/mol. The predicted molar refractivity (Wildman–Crippen MR) is 112 cm³/mol. The van der Waals surface area contributed by atoms with E-state index in [1.165, 1.54) is 0 Å². The molecule has 0 radical (unpaired) electrons. The molecular formula is C20H28Cl2N4O. The van der Waals surface area contributed by atoms with Crippen LogP contribution in [0.3, 0.4) is 0 Å². The first-order chi connectivity index (χ1) is 12.1. The summed E-state index contributed by atoms with van der Waals surface area (Å²) in [6.07, 6.45) is 5.15. The zero-order valence-electron chi connectivity index (χ0n) is 15.9. The summed E-state index contributed by atoms with van der Waals surface area (Å²) in [6, 6.07) is 8.76. The average molecular weight is 411 g/mol. The minimum Gasteiger partial charge on any atom is -0.342 e. The SMILES string of the molecule is Cc1cc(C(=O)N2C3CCNCC2CC3)c(C)n1Cc1ccccn1.Cl.Cl. The molecule has 0 saturated carbocycles. The van der Waals surface area contributed by atoms with Crippen molar-refractivity contribution in [1.29, 1.82) is 0 Å². The zero-order valence-corrected chi connectivity index (χ0v) is 17.5. The number of nitrogens with one attached hydrogen (secondary N) is 1. The van der Waals surface area contributed by atoms with Gasteiger partial charge in [0.15, 0.2) is 0 Å². The molecule has 27 heavy (non-hydrogen) atoms. The van der Waals surface area contributed by atoms with Gasteiger partial charge in [-0.25, -0.2) is 0 Å². The molecule has 2 atom stereocenters. The second-order valence-electron chi connectivity index (χ2n) is 7.28. The minimum absolute atomic E-state index is 0. The number of hydrogen-bond donors (Lipinski definition) is 1. The van der Waals surface area contributed by atoms with Gasteiger partial charge in [0.05, 0.1) is 17.8 Å². The van der Waals surface area contributed by atoms with Crippen molar-refractivity contribution < 1.29 is 4.79 Å². The molecule has 2 unspecified atom stereocenters. The Hall–Kier alpha value is -1.56. The van der Waals surface area contributed by atoms with E-state index in [-0.39, 0.29) is 30.7 Å². The van der Waals surface area contributed by atoms with Crippen molar-refractivity contribution in [2.75, 3.05) is 13.1 Å². The van der Waals surface area contributed by atoms with Crippen molar-refractivity contribution in [3.8, 4) is 0 Å². The molecule has 4 heterocycles. The highest BCUT2D eigenvalue weighted by Crippen LogP contribution is 2.31. The van der Waals surface area contributed by atoms with Gasteiger partial charge in [-0.3, -0.25) is 9.78 Å². The fraction of sp³-hybridized carbons (Fsp3) is 0.500. The first-order valence-corrected chi connectivity index (χ1v) is 9.25. The molecule has 0 aromatic carbocycles. The lowest BCUT2D eigenvalue weighted by Gasteiger charge is -2.28. The van der Waals surface area contributed by atoms with Crippen molar-refractivity contribution in [3.05, 3.63) is 53.1 Å². The summed E-state index contributed by atoms with van der Waals surface area (Å²) in [4.78, 5) is 19.9. The maximum absolute atomic E-state index is 13.3. The summed E-state index contributed by atoms with van der Waals surface area (Å²) in [5.41, 5.74) is 4.03. The van der Waals surface area contributed by atoms with Gasteiger partial charge in [-0.1, -0.05) is 6.07 Å². The Morgan fingerprint density at radius 1 is 1.19 bits per heavy atom. The number of carbonyl (C=O) groups excluding carboxylic acids is 1. The number of halogens is 2. The summed E-state index contributed by atoms with van der Waals surface area (Å²) < 4.78 is 2.20. The molecule has 2 aliphatic heterocycles. The molecule has 2 aromatic rings. The van der Waals surface area contributed by atoms with Crippen LogP contribution in [-0.2, 0) is 6.54 Å². The molecule has 2 aliphatic rings. The van der Waals surface area contributed by atoms with Crippen LogP contribution in [0.1, 0.15) is 46.7 Å². The van der Waals surface area contributed by atoms with Gasteiger partial charge in [-0.05, 0) is 57.9 Å². The third kappa shape index (κ3) is 4.15. The molecule has 1 N–H and O–H groups in total. The number of fused-ring (bicyclic) bond motifs is 2. The van der Waals surface area contributed by atoms with Crippen LogP contribution in [0, 0.1) is 13.8 Å². The number of pyridine rings is 1. The summed E-state index contributed by atoms with van der Waals surface area (Å²) in [7, 11) is 0. The van der Waals surface area contributed by atoms with Crippen LogP contribution in [0.25, 0.3) is 0 Å². The average Bonchev–Trinajstić information content (AvgIpc) is 3.04. The van der Waals surface area contributed by atoms with Crippen LogP contribution in [0.2, 0.25) is 0 Å². The molecule has 2 aromatic heterocycles. The number of hydrogen-bond acceptors (Lipinski definition) is 3. The first-order valence-electron chi connectivity index (χ1n) is 9.25. The lowest BCUT2D eigenvalue weighted by molar-refractivity contribution is 0.0679. The van der Waals surface area contributed by atoms with E-state index < -0.39 is 0 Å². The largest absolute Gasteiger partial charge is 0.342 e. The van der Waals surface area contributed by atoms with E-state index in [2.05, 4.69) is 39.7 Å². The topological polar surface area (TPSA) is 50.2 Å². The normalized spacial score (nSPS) is 21.2. The Balaban J connectivity index is 0.00000131. The van der Waals surface area contributed by atoms with Gasteiger partial charge < -0.3 is 14.8 Å². The van der Waals surface area contributed by atoms with Crippen LogP contribution in [0.5, 0.6) is 0 Å². The molecule has 0 aliphatic carbocycles. The van der Waals surface area contributed by atoms with E-state index in [1.54, 1.807) is 0 Å². The molecule has 148 valence electrons. The lowest BCUT2D eigenvalue weighted by Crippen LogP contribution is -2.42. The minimum atomic E-state index is 0. The van der Waals surface area contributed by atoms with Crippen molar-refractivity contribution in [2.45, 2.75) is 51.7 Å². The second-order valence-corrected chi connectivity index (χ2v) is 7.28. The standard InChI is InChI=1S/C20H26N4O.2ClH/c1-14-11-19(15(2)23(14)13-16-5-3-4-9-22-16)20(25)24-17-6-7-18(24)12-21-10-8-17;;/h3-5,9,11,17-18,21H,6-8,10,12-13H2,1-2H3;2*1H. The summed E-state index contributed by atoms with van der Waals surface area (Å²) in [5, 5.41) is 3.47. The van der Waals surface area contributed by atoms with Crippen molar-refractivity contribution in [1.82, 2.24) is 19.8 Å². The molecule has 5 nitrogen and oxygen atoms in total. The summed E-state index contributed by atoms with van der Waals surface area (Å²) in [5.74, 6) is 0.205. The van der Waals surface area contributed by atoms with Crippen LogP contribution in [0.4, 0.5) is 0 Å². The molecule has 2 fully saturated rings. The second kappa shape index (κ2) is 9.09. The molecule has 7 heteroatoms. The Bertz CT molecular complexity index is 764. The van der Waals surface area contributed by atoms with E-state index in [0.29, 0.717) is 18.6 Å². The fourth-order valence-corrected chi connectivity index (χ4v) is 4.37. The van der Waals surface area contributed by atoms with Crippen LogP contribution in [-0.4, -0.2) is 45.5 Å². The number of aryl methyl sites for hydroxylation is 1. The first kappa shape index (κ1) is 21.7. The molecule has 0 spiro atoms.